The summed E-state index contributed by atoms with van der Waals surface area (Å²) >= 11 is 10.3. The van der Waals surface area contributed by atoms with E-state index in [0.717, 1.165) is 24.5 Å². The molecule has 0 amide bonds. The van der Waals surface area contributed by atoms with Gasteiger partial charge in [0.1, 0.15) is 18.2 Å². The number of rotatable bonds is 5. The quantitative estimate of drug-likeness (QED) is 0.246. The van der Waals surface area contributed by atoms with Crippen LogP contribution in [0.15, 0.2) is 84.0 Å². The first-order chi connectivity index (χ1) is 14.9. The molecule has 1 heterocycles. The number of halogens is 3. The molecule has 4 rings (SSSR count). The third-order valence-electron chi connectivity index (χ3n) is 4.56. The number of hydrogen-bond acceptors (Lipinski definition) is 4. The van der Waals surface area contributed by atoms with Crippen LogP contribution in [0.3, 0.4) is 0 Å². The van der Waals surface area contributed by atoms with Gasteiger partial charge in [-0.3, -0.25) is 4.79 Å². The van der Waals surface area contributed by atoms with Gasteiger partial charge in [-0.05, 0) is 61.0 Å². The van der Waals surface area contributed by atoms with Crippen molar-refractivity contribution in [3.8, 4) is 5.75 Å². The normalized spacial score (nSPS) is 11.4. The van der Waals surface area contributed by atoms with Crippen LogP contribution in [0.2, 0.25) is 0 Å². The number of aryl methyl sites for hydroxylation is 1. The van der Waals surface area contributed by atoms with Crippen LogP contribution in [-0.2, 0) is 6.61 Å². The molecule has 0 aliphatic heterocycles. The molecule has 0 saturated heterocycles. The number of hydrogen-bond donors (Lipinski definition) is 0. The van der Waals surface area contributed by atoms with Crippen molar-refractivity contribution in [2.24, 2.45) is 5.10 Å². The van der Waals surface area contributed by atoms with Gasteiger partial charge < -0.3 is 4.74 Å². The standard InChI is InChI=1S/C23H16Br3N3O2/c1-14-28-21-8-6-19(26)11-20(21)23(30)29(14)27-12-16-10-18(25)7-9-22(16)31-13-15-2-4-17(24)5-3-15/h2-12H,13H2,1H3. The average molecular weight is 606 g/mol. The number of fused-ring (bicyclic) bond motifs is 1. The maximum atomic E-state index is 13.0. The minimum Gasteiger partial charge on any atom is -0.488 e. The predicted octanol–water partition coefficient (Wildman–Crippen LogP) is 6.45. The third kappa shape index (κ3) is 5.14. The molecule has 0 aliphatic rings. The van der Waals surface area contributed by atoms with Gasteiger partial charge in [0.25, 0.3) is 5.56 Å². The zero-order valence-electron chi connectivity index (χ0n) is 16.3. The molecule has 0 N–H and O–H groups in total. The van der Waals surface area contributed by atoms with Crippen molar-refractivity contribution in [3.63, 3.8) is 0 Å². The molecule has 31 heavy (non-hydrogen) atoms. The van der Waals surface area contributed by atoms with Crippen molar-refractivity contribution in [1.82, 2.24) is 9.66 Å². The number of benzene rings is 3. The first-order valence-corrected chi connectivity index (χ1v) is 11.7. The van der Waals surface area contributed by atoms with E-state index >= 15 is 0 Å². The van der Waals surface area contributed by atoms with E-state index in [1.165, 1.54) is 4.68 Å². The van der Waals surface area contributed by atoms with E-state index in [9.17, 15) is 4.79 Å². The Labute approximate surface area is 204 Å². The first-order valence-electron chi connectivity index (χ1n) is 9.31. The summed E-state index contributed by atoms with van der Waals surface area (Å²) in [6, 6.07) is 19.0. The van der Waals surface area contributed by atoms with Crippen molar-refractivity contribution in [1.29, 1.82) is 0 Å². The monoisotopic (exact) mass is 603 g/mol. The topological polar surface area (TPSA) is 56.5 Å². The summed E-state index contributed by atoms with van der Waals surface area (Å²) in [4.78, 5) is 17.5. The number of aromatic nitrogens is 2. The molecular weight excluding hydrogens is 590 g/mol. The summed E-state index contributed by atoms with van der Waals surface area (Å²) in [5, 5.41) is 4.92. The number of ether oxygens (including phenoxy) is 1. The van der Waals surface area contributed by atoms with Gasteiger partial charge in [0, 0.05) is 19.0 Å². The fraction of sp³-hybridized carbons (Fsp3) is 0.0870. The second kappa shape index (κ2) is 9.46. The SMILES string of the molecule is Cc1nc2ccc(Br)cc2c(=O)n1N=Cc1cc(Br)ccc1OCc1ccc(Br)cc1. The minimum atomic E-state index is -0.229. The second-order valence-corrected chi connectivity index (χ2v) is 9.53. The molecular formula is C23H16Br3N3O2. The predicted molar refractivity (Wildman–Crippen MR) is 134 cm³/mol. The van der Waals surface area contributed by atoms with Crippen molar-refractivity contribution in [2.45, 2.75) is 13.5 Å². The lowest BCUT2D eigenvalue weighted by molar-refractivity contribution is 0.305. The van der Waals surface area contributed by atoms with Gasteiger partial charge in [-0.1, -0.05) is 59.9 Å². The van der Waals surface area contributed by atoms with E-state index in [1.54, 1.807) is 19.2 Å². The fourth-order valence-corrected chi connectivity index (χ4v) is 4.01. The van der Waals surface area contributed by atoms with Crippen molar-refractivity contribution < 1.29 is 4.74 Å². The van der Waals surface area contributed by atoms with Gasteiger partial charge >= 0.3 is 0 Å². The summed E-state index contributed by atoms with van der Waals surface area (Å²) in [6.45, 7) is 2.17. The zero-order valence-corrected chi connectivity index (χ0v) is 21.1. The molecule has 156 valence electrons. The van der Waals surface area contributed by atoms with Crippen LogP contribution in [0, 0.1) is 6.92 Å². The summed E-state index contributed by atoms with van der Waals surface area (Å²) < 4.78 is 10.0. The summed E-state index contributed by atoms with van der Waals surface area (Å²) in [5.41, 5.74) is 2.20. The first kappa shape index (κ1) is 21.9. The van der Waals surface area contributed by atoms with E-state index in [0.29, 0.717) is 29.1 Å². The molecule has 4 aromatic rings. The molecule has 0 unspecified atom stereocenters. The van der Waals surface area contributed by atoms with Crippen LogP contribution in [-0.4, -0.2) is 15.9 Å². The van der Waals surface area contributed by atoms with Crippen molar-refractivity contribution in [3.05, 3.63) is 101 Å². The maximum absolute atomic E-state index is 13.0. The van der Waals surface area contributed by atoms with Crippen molar-refractivity contribution >= 4 is 64.9 Å². The van der Waals surface area contributed by atoms with E-state index < -0.39 is 0 Å². The molecule has 3 aromatic carbocycles. The van der Waals surface area contributed by atoms with Crippen molar-refractivity contribution in [2.75, 3.05) is 0 Å². The summed E-state index contributed by atoms with van der Waals surface area (Å²) in [5.74, 6) is 1.17. The van der Waals surface area contributed by atoms with E-state index in [2.05, 4.69) is 57.9 Å². The Morgan fingerprint density at radius 2 is 1.65 bits per heavy atom. The van der Waals surface area contributed by atoms with Gasteiger partial charge in [-0.25, -0.2) is 4.98 Å². The lowest BCUT2D eigenvalue weighted by Crippen LogP contribution is -2.20. The van der Waals surface area contributed by atoms with Crippen LogP contribution >= 0.6 is 47.8 Å². The lowest BCUT2D eigenvalue weighted by Gasteiger charge is -2.10. The molecule has 1 aromatic heterocycles. The van der Waals surface area contributed by atoms with Gasteiger partial charge in [0.05, 0.1) is 17.1 Å². The second-order valence-electron chi connectivity index (χ2n) is 6.78. The highest BCUT2D eigenvalue weighted by atomic mass is 79.9. The van der Waals surface area contributed by atoms with Gasteiger partial charge in [0.2, 0.25) is 0 Å². The Kier molecular flexibility index (Phi) is 6.69. The summed E-state index contributed by atoms with van der Waals surface area (Å²) in [7, 11) is 0. The van der Waals surface area contributed by atoms with E-state index in [1.807, 2.05) is 54.6 Å². The molecule has 0 bridgehead atoms. The summed E-state index contributed by atoms with van der Waals surface area (Å²) in [6.07, 6.45) is 1.61. The molecule has 0 aliphatic carbocycles. The largest absolute Gasteiger partial charge is 0.488 e. The number of nitrogens with zero attached hydrogens (tertiary/aromatic N) is 3. The minimum absolute atomic E-state index is 0.229. The Hall–Kier alpha value is -2.29. The van der Waals surface area contributed by atoms with Crippen LogP contribution in [0.25, 0.3) is 10.9 Å². The maximum Gasteiger partial charge on any atom is 0.282 e. The lowest BCUT2D eigenvalue weighted by atomic mass is 10.2. The Morgan fingerprint density at radius 3 is 2.42 bits per heavy atom. The van der Waals surface area contributed by atoms with Gasteiger partial charge in [-0.15, -0.1) is 0 Å². The van der Waals surface area contributed by atoms with Gasteiger partial charge in [-0.2, -0.15) is 9.78 Å². The van der Waals surface area contributed by atoms with Crippen LogP contribution in [0.5, 0.6) is 5.75 Å². The van der Waals surface area contributed by atoms with Crippen LogP contribution in [0.4, 0.5) is 0 Å². The van der Waals surface area contributed by atoms with Crippen LogP contribution < -0.4 is 10.3 Å². The average Bonchev–Trinajstić information content (AvgIpc) is 2.75. The molecule has 0 radical (unpaired) electrons. The zero-order chi connectivity index (χ0) is 22.0. The molecule has 0 atom stereocenters. The van der Waals surface area contributed by atoms with E-state index in [-0.39, 0.29) is 5.56 Å². The Morgan fingerprint density at radius 1 is 0.968 bits per heavy atom. The highest BCUT2D eigenvalue weighted by Gasteiger charge is 2.09. The molecule has 8 heteroatoms. The smallest absolute Gasteiger partial charge is 0.282 e. The van der Waals surface area contributed by atoms with Gasteiger partial charge in [0.15, 0.2) is 0 Å². The fourth-order valence-electron chi connectivity index (χ4n) is 3.01. The highest BCUT2D eigenvalue weighted by molar-refractivity contribution is 9.11. The third-order valence-corrected chi connectivity index (χ3v) is 6.08. The Bertz CT molecular complexity index is 1350. The highest BCUT2D eigenvalue weighted by Crippen LogP contribution is 2.23. The van der Waals surface area contributed by atoms with Crippen LogP contribution in [0.1, 0.15) is 17.0 Å². The molecule has 0 fully saturated rings. The molecule has 0 saturated carbocycles. The molecule has 5 nitrogen and oxygen atoms in total. The Balaban J connectivity index is 1.67. The van der Waals surface area contributed by atoms with E-state index in [4.69, 9.17) is 4.74 Å². The molecule has 0 spiro atoms.